The molecule has 41 heavy (non-hydrogen) atoms. The highest BCUT2D eigenvalue weighted by Gasteiger charge is 2.41. The zero-order chi connectivity index (χ0) is 29.6. The van der Waals surface area contributed by atoms with Crippen LogP contribution in [0.25, 0.3) is 5.69 Å². The van der Waals surface area contributed by atoms with Crippen LogP contribution in [0.15, 0.2) is 42.5 Å². The number of morpholine rings is 1. The standard InChI is InChI=1S/C33H42N4O3S/c1-20-13-14-26(22(3)15-20)37-32-29(31(34-37)33(6,7)8)30(25-12-10-9-11-21(25)2)41-19-28(39)36(32)18-27(38)35-16-23(4)40-24(5)17-35/h9-15,23-24,30H,16-19H2,1-8H3. The van der Waals surface area contributed by atoms with Gasteiger partial charge in [0.25, 0.3) is 0 Å². The molecule has 0 radical (unpaired) electrons. The van der Waals surface area contributed by atoms with Gasteiger partial charge in [-0.15, -0.1) is 11.8 Å². The number of nitrogens with zero attached hydrogens (tertiary/aromatic N) is 4. The number of aromatic nitrogens is 2. The number of carbonyl (C=O) groups is 2. The van der Waals surface area contributed by atoms with E-state index in [1.807, 2.05) is 29.5 Å². The molecule has 3 aromatic rings. The summed E-state index contributed by atoms with van der Waals surface area (Å²) in [7, 11) is 0. The summed E-state index contributed by atoms with van der Waals surface area (Å²) in [6.07, 6.45) is -0.0976. The molecule has 5 rings (SSSR count). The number of aryl methyl sites for hydroxylation is 3. The van der Waals surface area contributed by atoms with Crippen molar-refractivity contribution in [2.75, 3.05) is 30.3 Å². The normalized spacial score (nSPS) is 21.6. The highest BCUT2D eigenvalue weighted by Crippen LogP contribution is 2.49. The van der Waals surface area contributed by atoms with Gasteiger partial charge in [0.05, 0.1) is 34.6 Å². The molecule has 3 heterocycles. The van der Waals surface area contributed by atoms with Gasteiger partial charge < -0.3 is 9.64 Å². The topological polar surface area (TPSA) is 67.7 Å². The van der Waals surface area contributed by atoms with E-state index in [4.69, 9.17) is 9.84 Å². The average Bonchev–Trinajstić information content (AvgIpc) is 3.22. The second-order valence-corrected chi connectivity index (χ2v) is 13.7. The van der Waals surface area contributed by atoms with Crippen LogP contribution in [0, 0.1) is 20.8 Å². The van der Waals surface area contributed by atoms with Gasteiger partial charge in [-0.25, -0.2) is 4.68 Å². The highest BCUT2D eigenvalue weighted by atomic mass is 32.2. The maximum absolute atomic E-state index is 14.0. The molecule has 0 N–H and O–H groups in total. The highest BCUT2D eigenvalue weighted by molar-refractivity contribution is 8.00. The van der Waals surface area contributed by atoms with Crippen molar-refractivity contribution < 1.29 is 14.3 Å². The summed E-state index contributed by atoms with van der Waals surface area (Å²) in [5.41, 5.74) is 7.13. The summed E-state index contributed by atoms with van der Waals surface area (Å²) in [5, 5.41) is 5.16. The number of carbonyl (C=O) groups excluding carboxylic acids is 2. The van der Waals surface area contributed by atoms with E-state index < -0.39 is 0 Å². The molecule has 0 saturated carbocycles. The van der Waals surface area contributed by atoms with Crippen molar-refractivity contribution in [3.05, 3.63) is 76.0 Å². The Hall–Kier alpha value is -3.10. The van der Waals surface area contributed by atoms with Crippen molar-refractivity contribution in [1.82, 2.24) is 14.7 Å². The van der Waals surface area contributed by atoms with E-state index >= 15 is 0 Å². The molecule has 1 saturated heterocycles. The number of rotatable bonds is 4. The van der Waals surface area contributed by atoms with Crippen molar-refractivity contribution >= 4 is 29.4 Å². The maximum Gasteiger partial charge on any atom is 0.242 e. The third kappa shape index (κ3) is 5.82. The van der Waals surface area contributed by atoms with E-state index in [1.165, 1.54) is 11.1 Å². The first-order chi connectivity index (χ1) is 19.3. The molecule has 3 atom stereocenters. The van der Waals surface area contributed by atoms with Crippen LogP contribution in [-0.2, 0) is 19.7 Å². The largest absolute Gasteiger partial charge is 0.372 e. The minimum Gasteiger partial charge on any atom is -0.372 e. The Morgan fingerprint density at radius 3 is 2.34 bits per heavy atom. The summed E-state index contributed by atoms with van der Waals surface area (Å²) >= 11 is 1.63. The number of hydrogen-bond donors (Lipinski definition) is 0. The Kier molecular flexibility index (Phi) is 8.09. The minimum absolute atomic E-state index is 0.0352. The average molecular weight is 575 g/mol. The van der Waals surface area contributed by atoms with E-state index in [-0.39, 0.29) is 47.0 Å². The molecule has 0 bridgehead atoms. The lowest BCUT2D eigenvalue weighted by Crippen LogP contribution is -2.52. The zero-order valence-electron chi connectivity index (χ0n) is 25.5. The molecule has 0 spiro atoms. The Labute approximate surface area is 248 Å². The van der Waals surface area contributed by atoms with Gasteiger partial charge in [0, 0.05) is 24.1 Å². The summed E-state index contributed by atoms with van der Waals surface area (Å²) < 4.78 is 7.80. The fraction of sp³-hybridized carbons (Fsp3) is 0.485. The molecule has 3 unspecified atom stereocenters. The molecule has 2 amide bonds. The lowest BCUT2D eigenvalue weighted by molar-refractivity contribution is -0.142. The molecule has 0 aliphatic carbocycles. The van der Waals surface area contributed by atoms with Crippen LogP contribution in [0.4, 0.5) is 5.82 Å². The number of hydrogen-bond acceptors (Lipinski definition) is 5. The van der Waals surface area contributed by atoms with Crippen LogP contribution in [0.1, 0.15) is 73.4 Å². The summed E-state index contributed by atoms with van der Waals surface area (Å²) in [6.45, 7) is 17.7. The van der Waals surface area contributed by atoms with Crippen LogP contribution in [0.3, 0.4) is 0 Å². The number of amides is 2. The van der Waals surface area contributed by atoms with E-state index in [2.05, 4.69) is 77.9 Å². The lowest BCUT2D eigenvalue weighted by Gasteiger charge is -2.36. The van der Waals surface area contributed by atoms with Crippen LogP contribution >= 0.6 is 11.8 Å². The van der Waals surface area contributed by atoms with Gasteiger partial charge in [0.1, 0.15) is 12.4 Å². The van der Waals surface area contributed by atoms with Crippen LogP contribution in [0.5, 0.6) is 0 Å². The smallest absolute Gasteiger partial charge is 0.242 e. The molecular weight excluding hydrogens is 532 g/mol. The SMILES string of the molecule is Cc1ccc(-n2nc(C(C)(C)C)c3c2N(CC(=O)N2CC(C)OC(C)C2)C(=O)CSC3c2ccccc2C)c(C)c1. The van der Waals surface area contributed by atoms with Gasteiger partial charge in [-0.05, 0) is 57.4 Å². The molecule has 2 aliphatic heterocycles. The van der Waals surface area contributed by atoms with E-state index in [0.717, 1.165) is 28.1 Å². The predicted molar refractivity (Wildman–Crippen MR) is 166 cm³/mol. The lowest BCUT2D eigenvalue weighted by atomic mass is 9.86. The van der Waals surface area contributed by atoms with Crippen molar-refractivity contribution in [3.8, 4) is 5.69 Å². The Bertz CT molecular complexity index is 1460. The van der Waals surface area contributed by atoms with Crippen LogP contribution in [0.2, 0.25) is 0 Å². The van der Waals surface area contributed by atoms with E-state index in [0.29, 0.717) is 18.9 Å². The monoisotopic (exact) mass is 574 g/mol. The number of fused-ring (bicyclic) bond motifs is 1. The Balaban J connectivity index is 1.74. The van der Waals surface area contributed by atoms with Crippen LogP contribution < -0.4 is 4.90 Å². The van der Waals surface area contributed by atoms with Gasteiger partial charge in [-0.2, -0.15) is 5.10 Å². The van der Waals surface area contributed by atoms with Crippen molar-refractivity contribution in [1.29, 1.82) is 0 Å². The van der Waals surface area contributed by atoms with Crippen molar-refractivity contribution in [2.45, 2.75) is 78.3 Å². The predicted octanol–water partition coefficient (Wildman–Crippen LogP) is 5.90. The van der Waals surface area contributed by atoms with Crippen molar-refractivity contribution in [3.63, 3.8) is 0 Å². The maximum atomic E-state index is 14.0. The quantitative estimate of drug-likeness (QED) is 0.388. The first-order valence-corrected chi connectivity index (χ1v) is 15.5. The van der Waals surface area contributed by atoms with E-state index in [9.17, 15) is 9.59 Å². The second kappa shape index (κ2) is 11.3. The molecule has 2 aliphatic rings. The summed E-state index contributed by atoms with van der Waals surface area (Å²) in [4.78, 5) is 31.4. The Morgan fingerprint density at radius 1 is 1.02 bits per heavy atom. The molecule has 8 heteroatoms. The molecule has 1 aromatic heterocycles. The molecular formula is C33H42N4O3S. The molecule has 7 nitrogen and oxygen atoms in total. The van der Waals surface area contributed by atoms with Crippen molar-refractivity contribution in [2.24, 2.45) is 0 Å². The first-order valence-electron chi connectivity index (χ1n) is 14.5. The number of anilines is 1. The van der Waals surface area contributed by atoms with Crippen LogP contribution in [-0.4, -0.2) is 64.1 Å². The van der Waals surface area contributed by atoms with E-state index in [1.54, 1.807) is 16.7 Å². The number of benzene rings is 2. The third-order valence-electron chi connectivity index (χ3n) is 7.92. The third-order valence-corrected chi connectivity index (χ3v) is 9.15. The molecule has 2 aromatic carbocycles. The van der Waals surface area contributed by atoms with Gasteiger partial charge in [0.15, 0.2) is 0 Å². The Morgan fingerprint density at radius 2 is 1.71 bits per heavy atom. The molecule has 218 valence electrons. The zero-order valence-corrected chi connectivity index (χ0v) is 26.3. The van der Waals surface area contributed by atoms with Gasteiger partial charge in [-0.3, -0.25) is 14.5 Å². The van der Waals surface area contributed by atoms with Gasteiger partial charge in [-0.1, -0.05) is 62.7 Å². The minimum atomic E-state index is -0.298. The second-order valence-electron chi connectivity index (χ2n) is 12.6. The number of thioether (sulfide) groups is 1. The summed E-state index contributed by atoms with van der Waals surface area (Å²) in [5.74, 6) is 0.818. The van der Waals surface area contributed by atoms with Gasteiger partial charge >= 0.3 is 0 Å². The summed E-state index contributed by atoms with van der Waals surface area (Å²) in [6, 6.07) is 14.7. The fourth-order valence-electron chi connectivity index (χ4n) is 6.03. The first kappa shape index (κ1) is 29.4. The van der Waals surface area contributed by atoms with Gasteiger partial charge in [0.2, 0.25) is 11.8 Å². The fourth-order valence-corrected chi connectivity index (χ4v) is 7.32. The molecule has 1 fully saturated rings. The number of ether oxygens (including phenoxy) is 1.